The molecule has 1 atom stereocenters. The lowest BCUT2D eigenvalue weighted by molar-refractivity contribution is -0.129. The first-order valence-corrected chi connectivity index (χ1v) is 12.7. The number of aliphatic hydroxyl groups is 1. The maximum atomic E-state index is 12.4. The van der Waals surface area contributed by atoms with E-state index in [1.54, 1.807) is 42.5 Å². The molecular weight excluding hydrogens is 442 g/mol. The molecule has 2 aromatic rings. The van der Waals surface area contributed by atoms with Gasteiger partial charge in [0.05, 0.1) is 17.5 Å². The third-order valence-corrected chi connectivity index (χ3v) is 7.37. The summed E-state index contributed by atoms with van der Waals surface area (Å²) in [7, 11) is -3.53. The first-order chi connectivity index (χ1) is 15.8. The Labute approximate surface area is 194 Å². The quantitative estimate of drug-likeness (QED) is 0.418. The molecule has 3 rings (SSSR count). The minimum absolute atomic E-state index is 0.0721. The minimum Gasteiger partial charge on any atom is -0.387 e. The van der Waals surface area contributed by atoms with Crippen LogP contribution < -0.4 is 15.4 Å². The van der Waals surface area contributed by atoms with Crippen molar-refractivity contribution in [3.8, 4) is 0 Å². The van der Waals surface area contributed by atoms with Gasteiger partial charge in [0.25, 0.3) is 0 Å². The van der Waals surface area contributed by atoms with Crippen molar-refractivity contribution >= 4 is 21.8 Å². The summed E-state index contributed by atoms with van der Waals surface area (Å²) in [6, 6.07) is 17.3. The predicted molar refractivity (Wildman–Crippen MR) is 124 cm³/mol. The molecule has 1 aliphatic carbocycles. The highest BCUT2D eigenvalue weighted by Gasteiger charge is 2.27. The fourth-order valence-corrected chi connectivity index (χ4v) is 5.05. The summed E-state index contributed by atoms with van der Waals surface area (Å²) in [4.78, 5) is 24.7. The molecule has 33 heavy (non-hydrogen) atoms. The average Bonchev–Trinajstić information content (AvgIpc) is 2.86. The standard InChI is InChI=1S/C24H31N3O5S/c28-22(19-7-3-1-4-8-19)16-25-23(29)17-26-24(30)20-13-11-18(12-14-20)15-27-33(31,32)21-9-5-2-6-10-21/h1-10,18,20,22,27-28H,11-17H2,(H,25,29)(H,26,30)/t18?,20?,22-/m0/s1. The number of aliphatic hydroxyl groups excluding tert-OH is 1. The van der Waals surface area contributed by atoms with E-state index in [0.29, 0.717) is 24.9 Å². The second kappa shape index (κ2) is 11.9. The van der Waals surface area contributed by atoms with E-state index in [0.717, 1.165) is 12.8 Å². The van der Waals surface area contributed by atoms with E-state index in [9.17, 15) is 23.1 Å². The van der Waals surface area contributed by atoms with Gasteiger partial charge in [0, 0.05) is 19.0 Å². The zero-order chi connectivity index (χ0) is 23.7. The highest BCUT2D eigenvalue weighted by molar-refractivity contribution is 7.89. The molecule has 0 heterocycles. The molecule has 1 aliphatic rings. The molecule has 0 aliphatic heterocycles. The van der Waals surface area contributed by atoms with Gasteiger partial charge in [0.15, 0.2) is 0 Å². The molecule has 8 nitrogen and oxygen atoms in total. The van der Waals surface area contributed by atoms with Crippen molar-refractivity contribution in [3.63, 3.8) is 0 Å². The van der Waals surface area contributed by atoms with E-state index < -0.39 is 16.1 Å². The lowest BCUT2D eigenvalue weighted by Crippen LogP contribution is -2.42. The lowest BCUT2D eigenvalue weighted by Gasteiger charge is -2.27. The van der Waals surface area contributed by atoms with Crippen molar-refractivity contribution in [1.82, 2.24) is 15.4 Å². The van der Waals surface area contributed by atoms with Crippen molar-refractivity contribution in [2.75, 3.05) is 19.6 Å². The van der Waals surface area contributed by atoms with Crippen molar-refractivity contribution in [2.24, 2.45) is 11.8 Å². The summed E-state index contributed by atoms with van der Waals surface area (Å²) >= 11 is 0. The van der Waals surface area contributed by atoms with Gasteiger partial charge in [-0.15, -0.1) is 0 Å². The fourth-order valence-electron chi connectivity index (χ4n) is 3.92. The monoisotopic (exact) mass is 473 g/mol. The summed E-state index contributed by atoms with van der Waals surface area (Å²) in [6.07, 6.45) is 1.98. The van der Waals surface area contributed by atoms with Crippen LogP contribution in [-0.2, 0) is 19.6 Å². The van der Waals surface area contributed by atoms with Crippen LogP contribution in [0.25, 0.3) is 0 Å². The molecule has 4 N–H and O–H groups in total. The van der Waals surface area contributed by atoms with Crippen LogP contribution in [0.5, 0.6) is 0 Å². The van der Waals surface area contributed by atoms with Crippen LogP contribution in [0.1, 0.15) is 37.4 Å². The molecule has 0 spiro atoms. The van der Waals surface area contributed by atoms with Gasteiger partial charge >= 0.3 is 0 Å². The first-order valence-electron chi connectivity index (χ1n) is 11.2. The largest absolute Gasteiger partial charge is 0.387 e. The van der Waals surface area contributed by atoms with Crippen LogP contribution in [-0.4, -0.2) is 45.0 Å². The first kappa shape index (κ1) is 24.9. The van der Waals surface area contributed by atoms with E-state index in [1.807, 2.05) is 18.2 Å². The third-order valence-electron chi connectivity index (χ3n) is 5.93. The summed E-state index contributed by atoms with van der Waals surface area (Å²) in [5.74, 6) is -0.538. The fraction of sp³-hybridized carbons (Fsp3) is 0.417. The van der Waals surface area contributed by atoms with Crippen LogP contribution in [0, 0.1) is 11.8 Å². The van der Waals surface area contributed by atoms with Gasteiger partial charge < -0.3 is 15.7 Å². The van der Waals surface area contributed by atoms with Crippen LogP contribution in [0.3, 0.4) is 0 Å². The smallest absolute Gasteiger partial charge is 0.240 e. The van der Waals surface area contributed by atoms with E-state index in [4.69, 9.17) is 0 Å². The van der Waals surface area contributed by atoms with Crippen LogP contribution in [0.2, 0.25) is 0 Å². The lowest BCUT2D eigenvalue weighted by atomic mass is 9.81. The normalized spacial score (nSPS) is 19.4. The van der Waals surface area contributed by atoms with E-state index in [1.165, 1.54) is 0 Å². The van der Waals surface area contributed by atoms with Crippen LogP contribution in [0.15, 0.2) is 65.6 Å². The highest BCUT2D eigenvalue weighted by Crippen LogP contribution is 2.28. The Balaban J connectivity index is 1.33. The molecule has 9 heteroatoms. The summed E-state index contributed by atoms with van der Waals surface area (Å²) in [5, 5.41) is 15.4. The number of nitrogens with one attached hydrogen (secondary N) is 3. The van der Waals surface area contributed by atoms with E-state index in [2.05, 4.69) is 15.4 Å². The van der Waals surface area contributed by atoms with Gasteiger partial charge in [-0.1, -0.05) is 48.5 Å². The Morgan fingerprint density at radius 1 is 0.909 bits per heavy atom. The maximum absolute atomic E-state index is 12.4. The molecule has 1 saturated carbocycles. The number of hydrogen-bond donors (Lipinski definition) is 4. The molecule has 178 valence electrons. The topological polar surface area (TPSA) is 125 Å². The Kier molecular flexibility index (Phi) is 8.99. The molecule has 1 fully saturated rings. The maximum Gasteiger partial charge on any atom is 0.240 e. The van der Waals surface area contributed by atoms with Crippen LogP contribution >= 0.6 is 0 Å². The zero-order valence-electron chi connectivity index (χ0n) is 18.4. The summed E-state index contributed by atoms with van der Waals surface area (Å²) in [5.41, 5.74) is 0.713. The number of amides is 2. The van der Waals surface area contributed by atoms with Crippen molar-refractivity contribution in [1.29, 1.82) is 0 Å². The molecule has 0 saturated heterocycles. The van der Waals surface area contributed by atoms with Gasteiger partial charge in [0.2, 0.25) is 21.8 Å². The zero-order valence-corrected chi connectivity index (χ0v) is 19.3. The Hall–Kier alpha value is -2.75. The van der Waals surface area contributed by atoms with Gasteiger partial charge in [0.1, 0.15) is 0 Å². The minimum atomic E-state index is -3.53. The second-order valence-electron chi connectivity index (χ2n) is 8.33. The predicted octanol–water partition coefficient (Wildman–Crippen LogP) is 1.74. The third kappa shape index (κ3) is 7.66. The van der Waals surface area contributed by atoms with Crippen molar-refractivity contribution in [3.05, 3.63) is 66.2 Å². The Bertz CT molecular complexity index is 1010. The second-order valence-corrected chi connectivity index (χ2v) is 10.1. The number of carbonyl (C=O) groups excluding carboxylic acids is 2. The van der Waals surface area contributed by atoms with Crippen molar-refractivity contribution < 1.29 is 23.1 Å². The Morgan fingerprint density at radius 2 is 1.52 bits per heavy atom. The molecule has 0 bridgehead atoms. The van der Waals surface area contributed by atoms with E-state index in [-0.39, 0.29) is 41.6 Å². The van der Waals surface area contributed by atoms with E-state index >= 15 is 0 Å². The highest BCUT2D eigenvalue weighted by atomic mass is 32.2. The van der Waals surface area contributed by atoms with Gasteiger partial charge in [-0.2, -0.15) is 0 Å². The SMILES string of the molecule is O=C(CNC(=O)C1CCC(CNS(=O)(=O)c2ccccc2)CC1)NC[C@H](O)c1ccccc1. The van der Waals surface area contributed by atoms with Gasteiger partial charge in [-0.05, 0) is 49.3 Å². The molecule has 0 aromatic heterocycles. The molecule has 2 aromatic carbocycles. The van der Waals surface area contributed by atoms with Crippen molar-refractivity contribution in [2.45, 2.75) is 36.7 Å². The number of benzene rings is 2. The molecule has 0 radical (unpaired) electrons. The van der Waals surface area contributed by atoms with Gasteiger partial charge in [-0.25, -0.2) is 13.1 Å². The average molecular weight is 474 g/mol. The summed E-state index contributed by atoms with van der Waals surface area (Å²) in [6.45, 7) is 0.275. The number of sulfonamides is 1. The molecule has 2 amide bonds. The van der Waals surface area contributed by atoms with Crippen LogP contribution in [0.4, 0.5) is 0 Å². The number of carbonyl (C=O) groups is 2. The Morgan fingerprint density at radius 3 is 2.15 bits per heavy atom. The molecule has 0 unspecified atom stereocenters. The number of hydrogen-bond acceptors (Lipinski definition) is 5. The number of rotatable bonds is 10. The van der Waals surface area contributed by atoms with Gasteiger partial charge in [-0.3, -0.25) is 9.59 Å². The molecular formula is C24H31N3O5S. The summed E-state index contributed by atoms with van der Waals surface area (Å²) < 4.78 is 27.3.